The van der Waals surface area contributed by atoms with Crippen LogP contribution in [0.25, 0.3) is 21.3 Å². The number of aromatic nitrogens is 2. The summed E-state index contributed by atoms with van der Waals surface area (Å²) in [6.07, 6.45) is 5.60. The third kappa shape index (κ3) is 5.82. The van der Waals surface area contributed by atoms with Crippen LogP contribution < -0.4 is 5.32 Å². The van der Waals surface area contributed by atoms with Crippen LogP contribution in [0.4, 0.5) is 5.13 Å². The molecule has 0 saturated heterocycles. The summed E-state index contributed by atoms with van der Waals surface area (Å²) in [5.41, 5.74) is 1.61. The van der Waals surface area contributed by atoms with Crippen molar-refractivity contribution in [3.05, 3.63) is 76.8 Å². The van der Waals surface area contributed by atoms with E-state index in [1.54, 1.807) is 0 Å². The molecule has 0 spiro atoms. The van der Waals surface area contributed by atoms with Gasteiger partial charge in [0.2, 0.25) is 11.0 Å². The first-order valence-electron chi connectivity index (χ1n) is 12.3. The average molecular weight is 564 g/mol. The maximum absolute atomic E-state index is 13.6. The number of rotatable bonds is 7. The molecule has 0 bridgehead atoms. The number of anilines is 1. The highest BCUT2D eigenvalue weighted by atomic mass is 79.9. The zero-order valence-electron chi connectivity index (χ0n) is 19.8. The Morgan fingerprint density at radius 1 is 0.944 bits per heavy atom. The Hall–Kier alpha value is -3.10. The lowest BCUT2D eigenvalue weighted by Crippen LogP contribution is -2.43. The minimum atomic E-state index is -0.166. The van der Waals surface area contributed by atoms with E-state index >= 15 is 0 Å². The van der Waals surface area contributed by atoms with Crippen LogP contribution in [-0.2, 0) is 4.79 Å². The second-order valence-corrected chi connectivity index (χ2v) is 11.0. The molecule has 1 N–H and O–H groups in total. The summed E-state index contributed by atoms with van der Waals surface area (Å²) in [6, 6.07) is 21.9. The van der Waals surface area contributed by atoms with Gasteiger partial charge in [0.05, 0.1) is 0 Å². The second-order valence-electron chi connectivity index (χ2n) is 9.07. The molecule has 0 atom stereocenters. The third-order valence-corrected chi connectivity index (χ3v) is 8.03. The zero-order chi connectivity index (χ0) is 24.9. The molecule has 1 aliphatic carbocycles. The van der Waals surface area contributed by atoms with Crippen LogP contribution in [0.3, 0.4) is 0 Å². The summed E-state index contributed by atoms with van der Waals surface area (Å²) in [4.78, 5) is 28.3. The molecule has 3 aromatic carbocycles. The molecule has 4 aromatic rings. The van der Waals surface area contributed by atoms with E-state index in [4.69, 9.17) is 0 Å². The van der Waals surface area contributed by atoms with Gasteiger partial charge < -0.3 is 10.2 Å². The van der Waals surface area contributed by atoms with Crippen LogP contribution in [0.5, 0.6) is 0 Å². The van der Waals surface area contributed by atoms with E-state index in [1.807, 2.05) is 71.6 Å². The average Bonchev–Trinajstić information content (AvgIpc) is 3.37. The Balaban J connectivity index is 1.26. The van der Waals surface area contributed by atoms with Gasteiger partial charge in [0.15, 0.2) is 0 Å². The number of fused-ring (bicyclic) bond motifs is 1. The maximum atomic E-state index is 13.6. The number of nitrogens with zero attached hydrogens (tertiary/aromatic N) is 3. The molecular weight excluding hydrogens is 536 g/mol. The van der Waals surface area contributed by atoms with Crippen LogP contribution in [0, 0.1) is 0 Å². The SMILES string of the molecule is O=C(CCN(C(=O)c1ccc2ccccc2c1)C1CCCCC1)Nc1nnc(-c2ccc(Br)cc2)s1. The highest BCUT2D eigenvalue weighted by molar-refractivity contribution is 9.10. The quantitative estimate of drug-likeness (QED) is 0.265. The van der Waals surface area contributed by atoms with Crippen molar-refractivity contribution in [2.75, 3.05) is 11.9 Å². The van der Waals surface area contributed by atoms with E-state index in [1.165, 1.54) is 17.8 Å². The minimum Gasteiger partial charge on any atom is -0.335 e. The van der Waals surface area contributed by atoms with Crippen molar-refractivity contribution < 1.29 is 9.59 Å². The smallest absolute Gasteiger partial charge is 0.254 e. The van der Waals surface area contributed by atoms with Crippen LogP contribution in [0.1, 0.15) is 48.9 Å². The molecule has 6 nitrogen and oxygen atoms in total. The number of nitrogens with one attached hydrogen (secondary N) is 1. The number of halogens is 1. The first-order chi connectivity index (χ1) is 17.6. The van der Waals surface area contributed by atoms with E-state index < -0.39 is 0 Å². The highest BCUT2D eigenvalue weighted by Crippen LogP contribution is 2.28. The van der Waals surface area contributed by atoms with E-state index in [9.17, 15) is 9.59 Å². The van der Waals surface area contributed by atoms with Crippen molar-refractivity contribution in [1.82, 2.24) is 15.1 Å². The fourth-order valence-corrected chi connectivity index (χ4v) is 5.75. The summed E-state index contributed by atoms with van der Waals surface area (Å²) >= 11 is 4.77. The van der Waals surface area contributed by atoms with Gasteiger partial charge in [-0.05, 0) is 47.9 Å². The highest BCUT2D eigenvalue weighted by Gasteiger charge is 2.27. The van der Waals surface area contributed by atoms with Gasteiger partial charge in [0, 0.05) is 34.6 Å². The predicted molar refractivity (Wildman–Crippen MR) is 148 cm³/mol. The normalized spacial score (nSPS) is 14.0. The van der Waals surface area contributed by atoms with Crippen molar-refractivity contribution in [3.63, 3.8) is 0 Å². The second kappa shape index (κ2) is 11.3. The Morgan fingerprint density at radius 2 is 1.69 bits per heavy atom. The topological polar surface area (TPSA) is 75.2 Å². The van der Waals surface area contributed by atoms with Gasteiger partial charge in [-0.15, -0.1) is 10.2 Å². The largest absolute Gasteiger partial charge is 0.335 e. The minimum absolute atomic E-state index is 0.00565. The molecule has 1 heterocycles. The summed E-state index contributed by atoms with van der Waals surface area (Å²) in [5.74, 6) is -0.172. The summed E-state index contributed by atoms with van der Waals surface area (Å²) in [6.45, 7) is 0.376. The van der Waals surface area contributed by atoms with Gasteiger partial charge in [-0.1, -0.05) is 89.0 Å². The molecule has 36 heavy (non-hydrogen) atoms. The van der Waals surface area contributed by atoms with Crippen LogP contribution in [-0.4, -0.2) is 39.5 Å². The van der Waals surface area contributed by atoms with Crippen molar-refractivity contribution >= 4 is 55.0 Å². The predicted octanol–water partition coefficient (Wildman–Crippen LogP) is 6.92. The van der Waals surface area contributed by atoms with Crippen molar-refractivity contribution in [2.24, 2.45) is 0 Å². The number of hydrogen-bond acceptors (Lipinski definition) is 5. The first kappa shape index (κ1) is 24.6. The van der Waals surface area contributed by atoms with Gasteiger partial charge >= 0.3 is 0 Å². The van der Waals surface area contributed by atoms with Crippen LogP contribution >= 0.6 is 27.3 Å². The van der Waals surface area contributed by atoms with Gasteiger partial charge in [0.1, 0.15) is 5.01 Å². The molecular formula is C28H27BrN4O2S. The fraction of sp³-hybridized carbons (Fsp3) is 0.286. The molecule has 1 aliphatic rings. The molecule has 1 fully saturated rings. The summed E-state index contributed by atoms with van der Waals surface area (Å²) in [5, 5.41) is 14.6. The number of hydrogen-bond donors (Lipinski definition) is 1. The molecule has 1 saturated carbocycles. The Kier molecular flexibility index (Phi) is 7.72. The number of amides is 2. The van der Waals surface area contributed by atoms with Crippen LogP contribution in [0.15, 0.2) is 71.2 Å². The van der Waals surface area contributed by atoms with Gasteiger partial charge in [0.25, 0.3) is 5.91 Å². The van der Waals surface area contributed by atoms with E-state index in [-0.39, 0.29) is 24.3 Å². The molecule has 1 aromatic heterocycles. The lowest BCUT2D eigenvalue weighted by molar-refractivity contribution is -0.116. The first-order valence-corrected chi connectivity index (χ1v) is 13.9. The summed E-state index contributed by atoms with van der Waals surface area (Å²) in [7, 11) is 0. The lowest BCUT2D eigenvalue weighted by atomic mass is 9.93. The standard InChI is InChI=1S/C28H27BrN4O2S/c29-23-14-12-20(13-15-23)26-31-32-28(36-26)30-25(34)16-17-33(24-8-2-1-3-9-24)27(35)22-11-10-19-6-4-5-7-21(19)18-22/h4-7,10-15,18,24H,1-3,8-9,16-17H2,(H,30,32,34). The molecule has 0 aliphatic heterocycles. The molecule has 0 radical (unpaired) electrons. The monoisotopic (exact) mass is 562 g/mol. The van der Waals surface area contributed by atoms with Crippen molar-refractivity contribution in [2.45, 2.75) is 44.6 Å². The Morgan fingerprint density at radius 3 is 2.47 bits per heavy atom. The maximum Gasteiger partial charge on any atom is 0.254 e. The Labute approximate surface area is 222 Å². The van der Waals surface area contributed by atoms with E-state index in [0.29, 0.717) is 17.2 Å². The third-order valence-electron chi connectivity index (χ3n) is 6.62. The molecule has 184 valence electrons. The van der Waals surface area contributed by atoms with E-state index in [0.717, 1.165) is 51.5 Å². The number of benzene rings is 3. The van der Waals surface area contributed by atoms with Gasteiger partial charge in [-0.2, -0.15) is 0 Å². The molecule has 8 heteroatoms. The zero-order valence-corrected chi connectivity index (χ0v) is 22.2. The molecule has 2 amide bonds. The summed E-state index contributed by atoms with van der Waals surface area (Å²) < 4.78 is 0.991. The lowest BCUT2D eigenvalue weighted by Gasteiger charge is -2.34. The van der Waals surface area contributed by atoms with Crippen molar-refractivity contribution in [1.29, 1.82) is 0 Å². The number of carbonyl (C=O) groups is 2. The number of carbonyl (C=O) groups excluding carboxylic acids is 2. The van der Waals surface area contributed by atoms with Crippen molar-refractivity contribution in [3.8, 4) is 10.6 Å². The molecule has 5 rings (SSSR count). The van der Waals surface area contributed by atoms with E-state index in [2.05, 4.69) is 31.4 Å². The fourth-order valence-electron chi connectivity index (χ4n) is 4.72. The Bertz CT molecular complexity index is 1370. The van der Waals surface area contributed by atoms with Gasteiger partial charge in [-0.3, -0.25) is 9.59 Å². The molecule has 0 unspecified atom stereocenters. The van der Waals surface area contributed by atoms with Crippen LogP contribution in [0.2, 0.25) is 0 Å². The van der Waals surface area contributed by atoms with Gasteiger partial charge in [-0.25, -0.2) is 0 Å².